The van der Waals surface area contributed by atoms with Gasteiger partial charge in [-0.15, -0.1) is 0 Å². The number of rotatable bonds is 4. The zero-order valence-electron chi connectivity index (χ0n) is 9.24. The van der Waals surface area contributed by atoms with Gasteiger partial charge in [0.2, 0.25) is 0 Å². The van der Waals surface area contributed by atoms with Gasteiger partial charge in [-0.25, -0.2) is 4.39 Å². The maximum atomic E-state index is 13.5. The number of carbonyl (C=O) groups is 1. The number of ether oxygens (including phenoxy) is 1. The highest BCUT2D eigenvalue weighted by molar-refractivity contribution is 5.94. The first-order chi connectivity index (χ1) is 7.60. The van der Waals surface area contributed by atoms with Gasteiger partial charge >= 0.3 is 0 Å². The normalized spacial score (nSPS) is 10.0. The van der Waals surface area contributed by atoms with E-state index < -0.39 is 11.7 Å². The Kier molecular flexibility index (Phi) is 4.25. The van der Waals surface area contributed by atoms with Crippen LogP contribution in [0.3, 0.4) is 0 Å². The number of methoxy groups -OCH3 is 1. The highest BCUT2D eigenvalue weighted by Crippen LogP contribution is 2.17. The number of benzene rings is 1. The van der Waals surface area contributed by atoms with Crippen molar-refractivity contribution in [1.82, 2.24) is 4.90 Å². The van der Waals surface area contributed by atoms with E-state index in [9.17, 15) is 9.18 Å². The molecular formula is C11H14FNO3. The number of aliphatic hydroxyl groups excluding tert-OH is 1. The molecule has 0 saturated heterocycles. The minimum Gasteiger partial charge on any atom is -0.497 e. The monoisotopic (exact) mass is 227 g/mol. The maximum Gasteiger partial charge on any atom is 0.256 e. The van der Waals surface area contributed by atoms with Crippen LogP contribution in [-0.2, 0) is 0 Å². The summed E-state index contributed by atoms with van der Waals surface area (Å²) in [6, 6.07) is 4.04. The summed E-state index contributed by atoms with van der Waals surface area (Å²) >= 11 is 0. The van der Waals surface area contributed by atoms with Crippen LogP contribution in [0, 0.1) is 5.82 Å². The molecule has 5 heteroatoms. The van der Waals surface area contributed by atoms with Crippen LogP contribution >= 0.6 is 0 Å². The average molecular weight is 227 g/mol. The van der Waals surface area contributed by atoms with E-state index >= 15 is 0 Å². The molecule has 4 nitrogen and oxygen atoms in total. The summed E-state index contributed by atoms with van der Waals surface area (Å²) in [4.78, 5) is 12.9. The van der Waals surface area contributed by atoms with Crippen LogP contribution in [-0.4, -0.2) is 43.2 Å². The van der Waals surface area contributed by atoms with E-state index in [0.29, 0.717) is 5.75 Å². The van der Waals surface area contributed by atoms with Crippen molar-refractivity contribution in [2.45, 2.75) is 0 Å². The Bertz CT molecular complexity index is 381. The molecule has 1 rings (SSSR count). The van der Waals surface area contributed by atoms with E-state index in [-0.39, 0.29) is 18.7 Å². The largest absolute Gasteiger partial charge is 0.497 e. The smallest absolute Gasteiger partial charge is 0.256 e. The quantitative estimate of drug-likeness (QED) is 0.831. The van der Waals surface area contributed by atoms with Crippen molar-refractivity contribution in [2.75, 3.05) is 27.3 Å². The summed E-state index contributed by atoms with van der Waals surface area (Å²) in [7, 11) is 2.93. The van der Waals surface area contributed by atoms with Crippen molar-refractivity contribution in [3.05, 3.63) is 29.6 Å². The number of aliphatic hydroxyl groups is 1. The van der Waals surface area contributed by atoms with Crippen LogP contribution in [0.15, 0.2) is 18.2 Å². The molecule has 16 heavy (non-hydrogen) atoms. The maximum absolute atomic E-state index is 13.5. The van der Waals surface area contributed by atoms with Crippen molar-refractivity contribution in [3.8, 4) is 5.75 Å². The Balaban J connectivity index is 2.91. The lowest BCUT2D eigenvalue weighted by Crippen LogP contribution is -2.30. The van der Waals surface area contributed by atoms with Crippen molar-refractivity contribution in [1.29, 1.82) is 0 Å². The standard InChI is InChI=1S/C11H14FNO3/c1-13(5-6-14)11(15)9-4-3-8(16-2)7-10(9)12/h3-4,7,14H,5-6H2,1-2H3. The van der Waals surface area contributed by atoms with E-state index in [2.05, 4.69) is 0 Å². The Morgan fingerprint density at radius 1 is 1.56 bits per heavy atom. The Hall–Kier alpha value is -1.62. The second-order valence-electron chi connectivity index (χ2n) is 3.30. The number of likely N-dealkylation sites (N-methyl/N-ethyl adjacent to an activating group) is 1. The van der Waals surface area contributed by atoms with E-state index in [1.807, 2.05) is 0 Å². The Morgan fingerprint density at radius 3 is 2.75 bits per heavy atom. The van der Waals surface area contributed by atoms with Crippen molar-refractivity contribution in [3.63, 3.8) is 0 Å². The topological polar surface area (TPSA) is 49.8 Å². The van der Waals surface area contributed by atoms with Crippen LogP contribution in [0.5, 0.6) is 5.75 Å². The number of hydrogen-bond acceptors (Lipinski definition) is 3. The molecule has 88 valence electrons. The second kappa shape index (κ2) is 5.46. The van der Waals surface area contributed by atoms with Crippen LogP contribution in [0.25, 0.3) is 0 Å². The molecule has 0 atom stereocenters. The molecule has 0 bridgehead atoms. The predicted octanol–water partition coefficient (Wildman–Crippen LogP) is 0.899. The molecule has 0 heterocycles. The van der Waals surface area contributed by atoms with Crippen molar-refractivity contribution in [2.24, 2.45) is 0 Å². The number of amides is 1. The fourth-order valence-electron chi connectivity index (χ4n) is 1.25. The molecule has 0 spiro atoms. The highest BCUT2D eigenvalue weighted by Gasteiger charge is 2.16. The third-order valence-electron chi connectivity index (χ3n) is 2.19. The number of halogens is 1. The van der Waals surface area contributed by atoms with Gasteiger partial charge in [-0.05, 0) is 12.1 Å². The zero-order valence-corrected chi connectivity index (χ0v) is 9.24. The van der Waals surface area contributed by atoms with Gasteiger partial charge in [0.1, 0.15) is 11.6 Å². The van der Waals surface area contributed by atoms with Crippen molar-refractivity contribution >= 4 is 5.91 Å². The molecule has 0 aliphatic rings. The zero-order chi connectivity index (χ0) is 12.1. The lowest BCUT2D eigenvalue weighted by Gasteiger charge is -2.16. The van der Waals surface area contributed by atoms with Crippen LogP contribution in [0.2, 0.25) is 0 Å². The van der Waals surface area contributed by atoms with E-state index in [1.165, 1.54) is 31.2 Å². The molecule has 0 aliphatic carbocycles. The number of hydrogen-bond donors (Lipinski definition) is 1. The second-order valence-corrected chi connectivity index (χ2v) is 3.30. The molecule has 1 N–H and O–H groups in total. The van der Waals surface area contributed by atoms with E-state index in [0.717, 1.165) is 6.07 Å². The minimum atomic E-state index is -0.630. The number of carbonyl (C=O) groups excluding carboxylic acids is 1. The van der Waals surface area contributed by atoms with Crippen LogP contribution in [0.1, 0.15) is 10.4 Å². The molecule has 0 aromatic heterocycles. The molecule has 1 aromatic rings. The average Bonchev–Trinajstić information content (AvgIpc) is 2.28. The van der Waals surface area contributed by atoms with Gasteiger partial charge in [0.25, 0.3) is 5.91 Å². The predicted molar refractivity (Wildman–Crippen MR) is 57.0 cm³/mol. The van der Waals surface area contributed by atoms with Gasteiger partial charge in [-0.1, -0.05) is 0 Å². The summed E-state index contributed by atoms with van der Waals surface area (Å²) in [6.45, 7) is 0.0182. The molecule has 0 radical (unpaired) electrons. The Morgan fingerprint density at radius 2 is 2.25 bits per heavy atom. The van der Waals surface area contributed by atoms with Crippen LogP contribution in [0.4, 0.5) is 4.39 Å². The lowest BCUT2D eigenvalue weighted by atomic mass is 10.2. The van der Waals surface area contributed by atoms with Gasteiger partial charge in [0.15, 0.2) is 0 Å². The van der Waals surface area contributed by atoms with Crippen LogP contribution < -0.4 is 4.74 Å². The van der Waals surface area contributed by atoms with Gasteiger partial charge < -0.3 is 14.7 Å². The van der Waals surface area contributed by atoms with Gasteiger partial charge in [-0.3, -0.25) is 4.79 Å². The fourth-order valence-corrected chi connectivity index (χ4v) is 1.25. The molecular weight excluding hydrogens is 213 g/mol. The highest BCUT2D eigenvalue weighted by atomic mass is 19.1. The van der Waals surface area contributed by atoms with E-state index in [4.69, 9.17) is 9.84 Å². The Labute approximate surface area is 93.3 Å². The summed E-state index contributed by atoms with van der Waals surface area (Å²) in [5, 5.41) is 8.68. The first-order valence-corrected chi connectivity index (χ1v) is 4.80. The van der Waals surface area contributed by atoms with Crippen molar-refractivity contribution < 1.29 is 19.0 Å². The van der Waals surface area contributed by atoms with E-state index in [1.54, 1.807) is 0 Å². The third kappa shape index (κ3) is 2.70. The summed E-state index contributed by atoms with van der Waals surface area (Å²) < 4.78 is 18.3. The lowest BCUT2D eigenvalue weighted by molar-refractivity contribution is 0.0762. The summed E-state index contributed by atoms with van der Waals surface area (Å²) in [6.07, 6.45) is 0. The van der Waals surface area contributed by atoms with Gasteiger partial charge in [0, 0.05) is 19.7 Å². The first kappa shape index (κ1) is 12.4. The van der Waals surface area contributed by atoms with Gasteiger partial charge in [-0.2, -0.15) is 0 Å². The fraction of sp³-hybridized carbons (Fsp3) is 0.364. The van der Waals surface area contributed by atoms with Gasteiger partial charge in [0.05, 0.1) is 19.3 Å². The first-order valence-electron chi connectivity index (χ1n) is 4.80. The minimum absolute atomic E-state index is 0.0308. The summed E-state index contributed by atoms with van der Waals surface area (Å²) in [5.41, 5.74) is -0.0308. The molecule has 0 fully saturated rings. The molecule has 0 saturated carbocycles. The SMILES string of the molecule is COc1ccc(C(=O)N(C)CCO)c(F)c1. The number of nitrogens with zero attached hydrogens (tertiary/aromatic N) is 1. The third-order valence-corrected chi connectivity index (χ3v) is 2.19. The molecule has 1 aromatic carbocycles. The molecule has 1 amide bonds. The summed E-state index contributed by atoms with van der Waals surface area (Å²) in [5.74, 6) is -0.734. The molecule has 0 unspecified atom stereocenters. The molecule has 0 aliphatic heterocycles.